The molecule has 20 heavy (non-hydrogen) atoms. The number of hydrogen-bond donors (Lipinski definition) is 1. The number of hydrogen-bond acceptors (Lipinski definition) is 1. The van der Waals surface area contributed by atoms with Crippen LogP contribution in [0.25, 0.3) is 0 Å². The molecule has 0 saturated carbocycles. The van der Waals surface area contributed by atoms with Crippen LogP contribution in [0.4, 0.5) is 8.78 Å². The van der Waals surface area contributed by atoms with Crippen LogP contribution in [0.2, 0.25) is 5.02 Å². The van der Waals surface area contributed by atoms with Gasteiger partial charge in [0.1, 0.15) is 11.6 Å². The Hall–Kier alpha value is -0.490. The first-order valence-electron chi connectivity index (χ1n) is 5.70. The topological polar surface area (TPSA) is 12.0 Å². The van der Waals surface area contributed by atoms with E-state index in [1.807, 2.05) is 0 Å². The highest BCUT2D eigenvalue weighted by molar-refractivity contribution is 9.10. The number of benzene rings is 2. The zero-order chi connectivity index (χ0) is 14.9. The van der Waals surface area contributed by atoms with Gasteiger partial charge in [0.15, 0.2) is 0 Å². The summed E-state index contributed by atoms with van der Waals surface area (Å²) >= 11 is 12.4. The summed E-state index contributed by atoms with van der Waals surface area (Å²) in [6, 6.07) is 6.78. The maximum absolute atomic E-state index is 14.1. The van der Waals surface area contributed by atoms with Crippen molar-refractivity contribution in [3.63, 3.8) is 0 Å². The second-order valence-electron chi connectivity index (χ2n) is 4.21. The SMILES string of the molecule is CNC(c1cc(F)cc(Br)c1)c1cc(Cl)c(Br)cc1F. The lowest BCUT2D eigenvalue weighted by molar-refractivity contribution is 0.570. The second kappa shape index (κ2) is 6.52. The Balaban J connectivity index is 2.55. The molecule has 106 valence electrons. The van der Waals surface area contributed by atoms with Crippen LogP contribution in [-0.4, -0.2) is 7.05 Å². The highest BCUT2D eigenvalue weighted by Crippen LogP contribution is 2.32. The van der Waals surface area contributed by atoms with Crippen LogP contribution < -0.4 is 5.32 Å². The molecule has 0 amide bonds. The van der Waals surface area contributed by atoms with Crippen molar-refractivity contribution in [2.24, 2.45) is 0 Å². The molecule has 2 aromatic carbocycles. The minimum atomic E-state index is -0.493. The average Bonchev–Trinajstić information content (AvgIpc) is 2.35. The van der Waals surface area contributed by atoms with Crippen molar-refractivity contribution < 1.29 is 8.78 Å². The molecule has 6 heteroatoms. The van der Waals surface area contributed by atoms with E-state index in [1.54, 1.807) is 13.1 Å². The number of rotatable bonds is 3. The third kappa shape index (κ3) is 3.39. The molecule has 0 aromatic heterocycles. The molecule has 0 radical (unpaired) electrons. The maximum Gasteiger partial charge on any atom is 0.129 e. The molecule has 2 rings (SSSR count). The summed E-state index contributed by atoms with van der Waals surface area (Å²) < 4.78 is 28.7. The molecule has 0 bridgehead atoms. The van der Waals surface area contributed by atoms with Crippen LogP contribution in [0.5, 0.6) is 0 Å². The van der Waals surface area contributed by atoms with Crippen LogP contribution >= 0.6 is 43.5 Å². The fraction of sp³-hybridized carbons (Fsp3) is 0.143. The zero-order valence-corrected chi connectivity index (χ0v) is 14.3. The summed E-state index contributed by atoms with van der Waals surface area (Å²) in [4.78, 5) is 0. The van der Waals surface area contributed by atoms with Gasteiger partial charge in [-0.2, -0.15) is 0 Å². The minimum Gasteiger partial charge on any atom is -0.309 e. The van der Waals surface area contributed by atoms with E-state index in [-0.39, 0.29) is 0 Å². The summed E-state index contributed by atoms with van der Waals surface area (Å²) in [6.45, 7) is 0. The third-order valence-corrected chi connectivity index (χ3v) is 4.51. The average molecular weight is 425 g/mol. The van der Waals surface area contributed by atoms with Gasteiger partial charge in [0.05, 0.1) is 11.1 Å². The monoisotopic (exact) mass is 423 g/mol. The molecule has 0 spiro atoms. The lowest BCUT2D eigenvalue weighted by Crippen LogP contribution is -2.19. The van der Waals surface area contributed by atoms with Crippen molar-refractivity contribution in [1.82, 2.24) is 5.32 Å². The first kappa shape index (κ1) is 15.9. The van der Waals surface area contributed by atoms with Gasteiger partial charge in [0.25, 0.3) is 0 Å². The summed E-state index contributed by atoms with van der Waals surface area (Å²) in [7, 11) is 1.68. The van der Waals surface area contributed by atoms with E-state index in [9.17, 15) is 8.78 Å². The fourth-order valence-electron chi connectivity index (χ4n) is 2.00. The summed E-state index contributed by atoms with van der Waals surface area (Å²) in [5, 5.41) is 3.38. The van der Waals surface area contributed by atoms with Crippen LogP contribution in [0.15, 0.2) is 39.3 Å². The number of halogens is 5. The Bertz CT molecular complexity index is 629. The number of nitrogens with one attached hydrogen (secondary N) is 1. The van der Waals surface area contributed by atoms with E-state index in [2.05, 4.69) is 37.2 Å². The van der Waals surface area contributed by atoms with Crippen molar-refractivity contribution >= 4 is 43.5 Å². The molecular formula is C14H10Br2ClF2N. The van der Waals surface area contributed by atoms with E-state index in [0.29, 0.717) is 25.1 Å². The Morgan fingerprint density at radius 3 is 2.40 bits per heavy atom. The predicted molar refractivity (Wildman–Crippen MR) is 84.1 cm³/mol. The zero-order valence-electron chi connectivity index (χ0n) is 10.4. The Labute approximate surface area is 137 Å². The Kier molecular flexibility index (Phi) is 5.18. The molecular weight excluding hydrogens is 415 g/mol. The van der Waals surface area contributed by atoms with Gasteiger partial charge >= 0.3 is 0 Å². The van der Waals surface area contributed by atoms with Gasteiger partial charge in [0, 0.05) is 14.5 Å². The minimum absolute atomic E-state index is 0.359. The van der Waals surface area contributed by atoms with E-state index in [4.69, 9.17) is 11.6 Å². The van der Waals surface area contributed by atoms with E-state index in [1.165, 1.54) is 24.3 Å². The fourth-order valence-corrected chi connectivity index (χ4v) is 2.97. The molecule has 0 fully saturated rings. The molecule has 0 aliphatic carbocycles. The largest absolute Gasteiger partial charge is 0.309 e. The maximum atomic E-state index is 14.1. The van der Waals surface area contributed by atoms with Crippen molar-refractivity contribution in [3.8, 4) is 0 Å². The molecule has 0 aliphatic heterocycles. The molecule has 1 atom stereocenters. The molecule has 0 aliphatic rings. The van der Waals surface area contributed by atoms with Gasteiger partial charge in [0.2, 0.25) is 0 Å². The summed E-state index contributed by atoms with van der Waals surface area (Å²) in [5.74, 6) is -0.806. The van der Waals surface area contributed by atoms with Crippen molar-refractivity contribution in [2.45, 2.75) is 6.04 Å². The van der Waals surface area contributed by atoms with Gasteiger partial charge in [-0.25, -0.2) is 8.78 Å². The first-order chi connectivity index (χ1) is 9.42. The van der Waals surface area contributed by atoms with Crippen LogP contribution in [0.1, 0.15) is 17.2 Å². The van der Waals surface area contributed by atoms with E-state index in [0.717, 1.165) is 0 Å². The Morgan fingerprint density at radius 2 is 1.80 bits per heavy atom. The quantitative estimate of drug-likeness (QED) is 0.645. The summed E-state index contributed by atoms with van der Waals surface area (Å²) in [5.41, 5.74) is 0.967. The van der Waals surface area contributed by atoms with Crippen LogP contribution in [0, 0.1) is 11.6 Å². The first-order valence-corrected chi connectivity index (χ1v) is 7.66. The third-order valence-electron chi connectivity index (χ3n) is 2.86. The van der Waals surface area contributed by atoms with Gasteiger partial charge in [-0.1, -0.05) is 27.5 Å². The molecule has 1 N–H and O–H groups in total. The molecule has 1 unspecified atom stereocenters. The lowest BCUT2D eigenvalue weighted by Gasteiger charge is -2.19. The predicted octanol–water partition coefficient (Wildman–Crippen LogP) is 5.45. The van der Waals surface area contributed by atoms with E-state index >= 15 is 0 Å². The van der Waals surface area contributed by atoms with Crippen molar-refractivity contribution in [1.29, 1.82) is 0 Å². The van der Waals surface area contributed by atoms with Gasteiger partial charge in [-0.15, -0.1) is 0 Å². The van der Waals surface area contributed by atoms with Crippen molar-refractivity contribution in [3.05, 3.63) is 67.1 Å². The molecule has 1 nitrogen and oxygen atoms in total. The molecule has 0 heterocycles. The molecule has 2 aromatic rings. The lowest BCUT2D eigenvalue weighted by atomic mass is 9.98. The van der Waals surface area contributed by atoms with Gasteiger partial charge in [-0.3, -0.25) is 0 Å². The van der Waals surface area contributed by atoms with Gasteiger partial charge in [-0.05, 0) is 58.9 Å². The van der Waals surface area contributed by atoms with Gasteiger partial charge < -0.3 is 5.32 Å². The normalized spacial score (nSPS) is 12.5. The summed E-state index contributed by atoms with van der Waals surface area (Å²) in [6.07, 6.45) is 0. The standard InChI is InChI=1S/C14H10Br2ClF2N/c1-20-14(7-2-8(15)4-9(18)3-7)10-5-12(17)11(16)6-13(10)19/h2-6,14,20H,1H3. The van der Waals surface area contributed by atoms with Crippen LogP contribution in [-0.2, 0) is 0 Å². The Morgan fingerprint density at radius 1 is 1.10 bits per heavy atom. The molecule has 0 saturated heterocycles. The smallest absolute Gasteiger partial charge is 0.129 e. The van der Waals surface area contributed by atoms with Crippen LogP contribution in [0.3, 0.4) is 0 Å². The highest BCUT2D eigenvalue weighted by atomic mass is 79.9. The van der Waals surface area contributed by atoms with E-state index < -0.39 is 17.7 Å². The highest BCUT2D eigenvalue weighted by Gasteiger charge is 2.19. The second-order valence-corrected chi connectivity index (χ2v) is 6.39. The van der Waals surface area contributed by atoms with Crippen molar-refractivity contribution in [2.75, 3.05) is 7.05 Å².